The summed E-state index contributed by atoms with van der Waals surface area (Å²) in [5.41, 5.74) is 0.596. The monoisotopic (exact) mass is 461 g/mol. The predicted octanol–water partition coefficient (Wildman–Crippen LogP) is 4.91. The molecule has 7 nitrogen and oxygen atoms in total. The number of ketones is 1. The van der Waals surface area contributed by atoms with E-state index < -0.39 is 29.6 Å². The number of aromatic nitrogens is 1. The van der Waals surface area contributed by atoms with Crippen molar-refractivity contribution in [3.05, 3.63) is 47.5 Å². The fraction of sp³-hybridized carbons (Fsp3) is 0.480. The fourth-order valence-corrected chi connectivity index (χ4v) is 3.87. The standard InChI is InChI=1S/C25H32FNO6/c1-7-14(2)22(18-9-8-17(26)13-21(18)32-6)16(4)33-25(30)15(3)12-19(28)23-24(29)20(31-5)10-11-27-23/h8-11,13-16,22,29H,7,12H2,1-6H3/t14?,15-,16+,22+/m1/s1. The summed E-state index contributed by atoms with van der Waals surface area (Å²) in [6.45, 7) is 7.42. The summed E-state index contributed by atoms with van der Waals surface area (Å²) in [5, 5.41) is 10.1. The first kappa shape index (κ1) is 26.1. The molecule has 0 saturated carbocycles. The van der Waals surface area contributed by atoms with Gasteiger partial charge in [-0.25, -0.2) is 9.37 Å². The van der Waals surface area contributed by atoms with Crippen LogP contribution in [0.3, 0.4) is 0 Å². The number of aromatic hydroxyl groups is 1. The molecule has 33 heavy (non-hydrogen) atoms. The molecular formula is C25H32FNO6. The first-order valence-corrected chi connectivity index (χ1v) is 10.9. The lowest BCUT2D eigenvalue weighted by Gasteiger charge is -2.31. The maximum atomic E-state index is 13.7. The van der Waals surface area contributed by atoms with Gasteiger partial charge in [0.2, 0.25) is 0 Å². The average molecular weight is 462 g/mol. The molecule has 1 unspecified atom stereocenters. The molecule has 0 aliphatic rings. The highest BCUT2D eigenvalue weighted by molar-refractivity contribution is 5.99. The Morgan fingerprint density at radius 1 is 1.09 bits per heavy atom. The number of methoxy groups -OCH3 is 2. The molecule has 0 aliphatic carbocycles. The number of hydrogen-bond acceptors (Lipinski definition) is 7. The van der Waals surface area contributed by atoms with E-state index in [9.17, 15) is 19.1 Å². The molecule has 0 aliphatic heterocycles. The topological polar surface area (TPSA) is 95.0 Å². The van der Waals surface area contributed by atoms with E-state index in [1.54, 1.807) is 19.9 Å². The van der Waals surface area contributed by atoms with E-state index in [2.05, 4.69) is 4.98 Å². The molecule has 1 aromatic heterocycles. The van der Waals surface area contributed by atoms with E-state index in [0.717, 1.165) is 12.0 Å². The Balaban J connectivity index is 2.17. The lowest BCUT2D eigenvalue weighted by Crippen LogP contribution is -2.30. The largest absolute Gasteiger partial charge is 0.503 e. The van der Waals surface area contributed by atoms with Crippen molar-refractivity contribution < 1.29 is 33.3 Å². The highest BCUT2D eigenvalue weighted by Gasteiger charge is 2.32. The van der Waals surface area contributed by atoms with E-state index in [1.165, 1.54) is 38.6 Å². The van der Waals surface area contributed by atoms with Gasteiger partial charge in [-0.3, -0.25) is 9.59 Å². The first-order valence-electron chi connectivity index (χ1n) is 10.9. The smallest absolute Gasteiger partial charge is 0.309 e. The van der Waals surface area contributed by atoms with Crippen LogP contribution in [0, 0.1) is 17.7 Å². The molecule has 0 bridgehead atoms. The van der Waals surface area contributed by atoms with Crippen LogP contribution in [0.4, 0.5) is 4.39 Å². The Hall–Kier alpha value is -3.16. The Morgan fingerprint density at radius 2 is 1.76 bits per heavy atom. The van der Waals surface area contributed by atoms with Crippen LogP contribution in [0.5, 0.6) is 17.2 Å². The second-order valence-electron chi connectivity index (χ2n) is 8.18. The van der Waals surface area contributed by atoms with Crippen molar-refractivity contribution in [3.8, 4) is 17.2 Å². The maximum Gasteiger partial charge on any atom is 0.309 e. The van der Waals surface area contributed by atoms with Crippen LogP contribution in [0.25, 0.3) is 0 Å². The molecule has 1 heterocycles. The number of ether oxygens (including phenoxy) is 3. The SMILES string of the molecule is CCC(C)[C@H](c1ccc(F)cc1OC)[C@H](C)OC(=O)[C@H](C)CC(=O)c1nccc(OC)c1O. The van der Waals surface area contributed by atoms with E-state index >= 15 is 0 Å². The highest BCUT2D eigenvalue weighted by atomic mass is 19.1. The molecule has 1 N–H and O–H groups in total. The van der Waals surface area contributed by atoms with Gasteiger partial charge in [0.05, 0.1) is 20.1 Å². The molecule has 0 amide bonds. The van der Waals surface area contributed by atoms with Gasteiger partial charge in [-0.05, 0) is 18.9 Å². The normalized spacial score (nSPS) is 14.6. The molecule has 2 rings (SSSR count). The van der Waals surface area contributed by atoms with E-state index in [1.807, 2.05) is 13.8 Å². The minimum atomic E-state index is -0.764. The summed E-state index contributed by atoms with van der Waals surface area (Å²) in [5.74, 6) is -2.19. The summed E-state index contributed by atoms with van der Waals surface area (Å²) in [6.07, 6.45) is 1.42. The number of esters is 1. The fourth-order valence-electron chi connectivity index (χ4n) is 3.87. The number of carbonyl (C=O) groups is 2. The quantitative estimate of drug-likeness (QED) is 0.375. The van der Waals surface area contributed by atoms with Gasteiger partial charge in [-0.15, -0.1) is 0 Å². The summed E-state index contributed by atoms with van der Waals surface area (Å²) in [4.78, 5) is 29.3. The van der Waals surface area contributed by atoms with Crippen molar-refractivity contribution in [2.45, 2.75) is 52.6 Å². The van der Waals surface area contributed by atoms with Gasteiger partial charge >= 0.3 is 5.97 Å². The molecule has 1 aromatic carbocycles. The van der Waals surface area contributed by atoms with Gasteiger partial charge in [0, 0.05) is 36.2 Å². The van der Waals surface area contributed by atoms with Crippen LogP contribution in [0.15, 0.2) is 30.5 Å². The van der Waals surface area contributed by atoms with Gasteiger partial charge in [0.15, 0.2) is 23.0 Å². The Kier molecular flexibility index (Phi) is 9.20. The van der Waals surface area contributed by atoms with Crippen LogP contribution >= 0.6 is 0 Å². The maximum absolute atomic E-state index is 13.7. The van der Waals surface area contributed by atoms with Crippen molar-refractivity contribution in [2.75, 3.05) is 14.2 Å². The van der Waals surface area contributed by atoms with Crippen molar-refractivity contribution in [2.24, 2.45) is 11.8 Å². The van der Waals surface area contributed by atoms with Gasteiger partial charge in [0.1, 0.15) is 17.7 Å². The third-order valence-corrected chi connectivity index (χ3v) is 5.88. The van der Waals surface area contributed by atoms with E-state index in [4.69, 9.17) is 14.2 Å². The van der Waals surface area contributed by atoms with Crippen LogP contribution in [0.2, 0.25) is 0 Å². The molecule has 0 spiro atoms. The highest BCUT2D eigenvalue weighted by Crippen LogP contribution is 2.38. The lowest BCUT2D eigenvalue weighted by molar-refractivity contribution is -0.154. The Morgan fingerprint density at radius 3 is 2.36 bits per heavy atom. The molecule has 0 saturated heterocycles. The van der Waals surface area contributed by atoms with Gasteiger partial charge in [0.25, 0.3) is 0 Å². The van der Waals surface area contributed by atoms with Crippen molar-refractivity contribution in [3.63, 3.8) is 0 Å². The Bertz CT molecular complexity index is 979. The minimum absolute atomic E-state index is 0.113. The molecular weight excluding hydrogens is 429 g/mol. The predicted molar refractivity (Wildman–Crippen MR) is 121 cm³/mol. The van der Waals surface area contributed by atoms with Crippen LogP contribution < -0.4 is 9.47 Å². The van der Waals surface area contributed by atoms with Gasteiger partial charge < -0.3 is 19.3 Å². The number of pyridine rings is 1. The van der Waals surface area contributed by atoms with Crippen molar-refractivity contribution in [1.82, 2.24) is 4.98 Å². The van der Waals surface area contributed by atoms with Crippen LogP contribution in [-0.2, 0) is 9.53 Å². The van der Waals surface area contributed by atoms with Crippen LogP contribution in [0.1, 0.15) is 62.5 Å². The summed E-state index contributed by atoms with van der Waals surface area (Å²) < 4.78 is 29.8. The second-order valence-corrected chi connectivity index (χ2v) is 8.18. The number of hydrogen-bond donors (Lipinski definition) is 1. The number of nitrogens with zero attached hydrogens (tertiary/aromatic N) is 1. The third kappa shape index (κ3) is 6.21. The Labute approximate surface area is 193 Å². The second kappa shape index (κ2) is 11.6. The zero-order chi connectivity index (χ0) is 24.7. The van der Waals surface area contributed by atoms with E-state index in [-0.39, 0.29) is 35.4 Å². The molecule has 0 radical (unpaired) electrons. The molecule has 4 atom stereocenters. The van der Waals surface area contributed by atoms with Crippen LogP contribution in [-0.4, -0.2) is 42.2 Å². The molecule has 180 valence electrons. The summed E-state index contributed by atoms with van der Waals surface area (Å²) >= 11 is 0. The number of halogens is 1. The number of carbonyl (C=O) groups excluding carboxylic acids is 2. The average Bonchev–Trinajstić information content (AvgIpc) is 2.79. The van der Waals surface area contributed by atoms with Gasteiger partial charge in [-0.2, -0.15) is 0 Å². The molecule has 0 fully saturated rings. The lowest BCUT2D eigenvalue weighted by atomic mass is 9.81. The molecule has 8 heteroatoms. The molecule has 2 aromatic rings. The minimum Gasteiger partial charge on any atom is -0.503 e. The van der Waals surface area contributed by atoms with Crippen molar-refractivity contribution >= 4 is 11.8 Å². The summed E-state index contributed by atoms with van der Waals surface area (Å²) in [7, 11) is 2.84. The zero-order valence-electron chi connectivity index (χ0n) is 19.9. The number of rotatable bonds is 11. The van der Waals surface area contributed by atoms with Crippen molar-refractivity contribution in [1.29, 1.82) is 0 Å². The number of benzene rings is 1. The zero-order valence-corrected chi connectivity index (χ0v) is 19.9. The van der Waals surface area contributed by atoms with E-state index in [0.29, 0.717) is 5.75 Å². The van der Waals surface area contributed by atoms with Gasteiger partial charge in [-0.1, -0.05) is 33.3 Å². The summed E-state index contributed by atoms with van der Waals surface area (Å²) in [6, 6.07) is 5.76. The third-order valence-electron chi connectivity index (χ3n) is 5.88. The first-order chi connectivity index (χ1) is 15.6. The number of Topliss-reactive ketones (excluding diaryl/α,β-unsaturated/α-hetero) is 1.